The van der Waals surface area contributed by atoms with Crippen LogP contribution in [0.3, 0.4) is 0 Å². The van der Waals surface area contributed by atoms with Crippen molar-refractivity contribution in [1.29, 1.82) is 0 Å². The normalized spacial score (nSPS) is 17.4. The molecule has 1 aromatic rings. The molecule has 1 aliphatic carbocycles. The van der Waals surface area contributed by atoms with Gasteiger partial charge >= 0.3 is 6.01 Å². The summed E-state index contributed by atoms with van der Waals surface area (Å²) in [5.41, 5.74) is 5.70. The Labute approximate surface area is 124 Å². The number of anilines is 2. The Hall–Kier alpha value is -1.24. The summed E-state index contributed by atoms with van der Waals surface area (Å²) in [4.78, 5) is 12.4. The van der Waals surface area contributed by atoms with E-state index >= 15 is 0 Å². The molecule has 7 heteroatoms. The zero-order valence-electron chi connectivity index (χ0n) is 12.3. The molecule has 112 valence electrons. The van der Waals surface area contributed by atoms with Gasteiger partial charge in [-0.15, -0.1) is 0 Å². The number of hydrogen-bond donors (Lipinski definition) is 2. The minimum atomic E-state index is 0.0111. The molecule has 0 atom stereocenters. The third kappa shape index (κ3) is 3.88. The van der Waals surface area contributed by atoms with E-state index in [0.29, 0.717) is 10.7 Å². The van der Waals surface area contributed by atoms with Crippen LogP contribution in [0.1, 0.15) is 39.5 Å². The van der Waals surface area contributed by atoms with Crippen molar-refractivity contribution in [3.8, 4) is 6.01 Å². The molecule has 0 spiro atoms. The Morgan fingerprint density at radius 3 is 2.60 bits per heavy atom. The van der Waals surface area contributed by atoms with Crippen LogP contribution in [-0.2, 0) is 0 Å². The van der Waals surface area contributed by atoms with E-state index in [0.717, 1.165) is 6.54 Å². The molecule has 0 radical (unpaired) electrons. The van der Waals surface area contributed by atoms with Crippen LogP contribution < -0.4 is 15.8 Å². The second-order valence-corrected chi connectivity index (χ2v) is 6.69. The summed E-state index contributed by atoms with van der Waals surface area (Å²) in [6.45, 7) is 4.70. The van der Waals surface area contributed by atoms with Crippen LogP contribution in [0, 0.1) is 0 Å². The van der Waals surface area contributed by atoms with Crippen LogP contribution in [0.5, 0.6) is 6.01 Å². The lowest BCUT2D eigenvalue weighted by Crippen LogP contribution is -2.30. The van der Waals surface area contributed by atoms with Crippen molar-refractivity contribution < 1.29 is 4.74 Å². The molecule has 1 fully saturated rings. The van der Waals surface area contributed by atoms with Gasteiger partial charge in [0.2, 0.25) is 11.9 Å². The van der Waals surface area contributed by atoms with Crippen molar-refractivity contribution in [3.63, 3.8) is 0 Å². The lowest BCUT2D eigenvalue weighted by Gasteiger charge is -2.26. The van der Waals surface area contributed by atoms with E-state index in [4.69, 9.17) is 10.5 Å². The Morgan fingerprint density at radius 1 is 1.30 bits per heavy atom. The van der Waals surface area contributed by atoms with Gasteiger partial charge in [0.15, 0.2) is 0 Å². The first-order valence-corrected chi connectivity index (χ1v) is 8.23. The van der Waals surface area contributed by atoms with Crippen molar-refractivity contribution in [2.75, 3.05) is 23.9 Å². The van der Waals surface area contributed by atoms with Crippen LogP contribution in [0.4, 0.5) is 11.9 Å². The molecule has 6 nitrogen and oxygen atoms in total. The molecule has 0 amide bonds. The van der Waals surface area contributed by atoms with Gasteiger partial charge in [-0.3, -0.25) is 0 Å². The molecule has 0 aromatic carbocycles. The first kappa shape index (κ1) is 15.2. The van der Waals surface area contributed by atoms with Gasteiger partial charge in [-0.1, -0.05) is 12.8 Å². The summed E-state index contributed by atoms with van der Waals surface area (Å²) in [7, 11) is 0. The molecule has 20 heavy (non-hydrogen) atoms. The van der Waals surface area contributed by atoms with Crippen molar-refractivity contribution in [1.82, 2.24) is 15.0 Å². The van der Waals surface area contributed by atoms with Gasteiger partial charge in [0.25, 0.3) is 0 Å². The predicted octanol–water partition coefficient (Wildman–Crippen LogP) is 2.33. The number of thioether (sulfide) groups is 1. The molecule has 2 rings (SSSR count). The predicted molar refractivity (Wildman–Crippen MR) is 83.2 cm³/mol. The summed E-state index contributed by atoms with van der Waals surface area (Å²) in [6.07, 6.45) is 7.24. The van der Waals surface area contributed by atoms with Gasteiger partial charge in [0.1, 0.15) is 0 Å². The molecule has 0 aliphatic heterocycles. The zero-order valence-corrected chi connectivity index (χ0v) is 13.2. The van der Waals surface area contributed by atoms with Gasteiger partial charge in [-0.2, -0.15) is 26.7 Å². The smallest absolute Gasteiger partial charge is 0.323 e. The van der Waals surface area contributed by atoms with Gasteiger partial charge < -0.3 is 15.8 Å². The molecule has 1 saturated carbocycles. The van der Waals surface area contributed by atoms with Crippen LogP contribution in [0.15, 0.2) is 0 Å². The second-order valence-electron chi connectivity index (χ2n) is 5.41. The quantitative estimate of drug-likeness (QED) is 0.833. The average molecular weight is 297 g/mol. The molecular weight excluding hydrogens is 274 g/mol. The molecule has 0 unspecified atom stereocenters. The highest BCUT2D eigenvalue weighted by atomic mass is 32.2. The second kappa shape index (κ2) is 6.47. The largest absolute Gasteiger partial charge is 0.461 e. The molecule has 0 saturated heterocycles. The Morgan fingerprint density at radius 2 is 2.00 bits per heavy atom. The van der Waals surface area contributed by atoms with E-state index in [-0.39, 0.29) is 18.1 Å². The van der Waals surface area contributed by atoms with E-state index < -0.39 is 0 Å². The first-order valence-electron chi connectivity index (χ1n) is 7.00. The molecule has 1 aliphatic rings. The number of nitrogens with zero attached hydrogens (tertiary/aromatic N) is 3. The zero-order chi connectivity index (χ0) is 14.6. The van der Waals surface area contributed by atoms with Crippen LogP contribution >= 0.6 is 11.8 Å². The molecule has 3 N–H and O–H groups in total. The molecule has 1 heterocycles. The maximum atomic E-state index is 5.70. The highest BCUT2D eigenvalue weighted by molar-refractivity contribution is 8.00. The van der Waals surface area contributed by atoms with Crippen molar-refractivity contribution >= 4 is 23.7 Å². The lowest BCUT2D eigenvalue weighted by atomic mass is 10.1. The Balaban J connectivity index is 2.03. The summed E-state index contributed by atoms with van der Waals surface area (Å²) in [5, 5.41) is 3.29. The third-order valence-corrected chi connectivity index (χ3v) is 4.91. The summed E-state index contributed by atoms with van der Waals surface area (Å²) in [6, 6.07) is 0.277. The number of hydrogen-bond acceptors (Lipinski definition) is 7. The maximum absolute atomic E-state index is 5.70. The number of ether oxygens (including phenoxy) is 1. The fourth-order valence-electron chi connectivity index (χ4n) is 2.43. The van der Waals surface area contributed by atoms with E-state index in [1.807, 2.05) is 25.6 Å². The number of nitrogens with one attached hydrogen (secondary N) is 1. The molecule has 1 aromatic heterocycles. The van der Waals surface area contributed by atoms with Gasteiger partial charge in [-0.05, 0) is 32.9 Å². The fourth-order valence-corrected chi connectivity index (χ4v) is 3.34. The summed E-state index contributed by atoms with van der Waals surface area (Å²) in [5.74, 6) is 0.677. The van der Waals surface area contributed by atoms with Gasteiger partial charge in [-0.25, -0.2) is 0 Å². The highest BCUT2D eigenvalue weighted by Crippen LogP contribution is 2.40. The van der Waals surface area contributed by atoms with E-state index in [2.05, 4.69) is 26.5 Å². The molecule has 0 bridgehead atoms. The monoisotopic (exact) mass is 297 g/mol. The summed E-state index contributed by atoms with van der Waals surface area (Å²) < 4.78 is 5.76. The van der Waals surface area contributed by atoms with E-state index in [1.165, 1.54) is 25.7 Å². The minimum absolute atomic E-state index is 0.0111. The van der Waals surface area contributed by atoms with Crippen LogP contribution in [0.2, 0.25) is 0 Å². The van der Waals surface area contributed by atoms with E-state index in [9.17, 15) is 0 Å². The highest BCUT2D eigenvalue weighted by Gasteiger charge is 2.32. The number of nitrogens with two attached hydrogens (primary N) is 1. The fraction of sp³-hybridized carbons (Fsp3) is 0.769. The molecular formula is C13H23N5OS. The van der Waals surface area contributed by atoms with Crippen molar-refractivity contribution in [2.24, 2.45) is 0 Å². The average Bonchev–Trinajstić information content (AvgIpc) is 2.84. The maximum Gasteiger partial charge on any atom is 0.323 e. The van der Waals surface area contributed by atoms with Crippen LogP contribution in [0.25, 0.3) is 0 Å². The Bertz CT molecular complexity index is 448. The SMILES string of the molecule is CSC1(CNc2nc(N)nc(OC(C)C)n2)CCCC1. The van der Waals surface area contributed by atoms with Crippen molar-refractivity contribution in [2.45, 2.75) is 50.4 Å². The summed E-state index contributed by atoms with van der Waals surface area (Å²) >= 11 is 1.92. The van der Waals surface area contributed by atoms with Crippen LogP contribution in [-0.4, -0.2) is 38.6 Å². The number of nitrogen functional groups attached to an aromatic ring is 1. The van der Waals surface area contributed by atoms with Gasteiger partial charge in [0, 0.05) is 11.3 Å². The first-order chi connectivity index (χ1) is 9.53. The standard InChI is InChI=1S/C13H23N5OS/c1-9(2)19-12-17-10(14)16-11(18-12)15-8-13(20-3)6-4-5-7-13/h9H,4-8H2,1-3H3,(H3,14,15,16,17,18). The number of aromatic nitrogens is 3. The van der Waals surface area contributed by atoms with E-state index in [1.54, 1.807) is 0 Å². The Kier molecular flexibility index (Phi) is 4.91. The van der Waals surface area contributed by atoms with Crippen molar-refractivity contribution in [3.05, 3.63) is 0 Å². The number of rotatable bonds is 6. The topological polar surface area (TPSA) is 86.0 Å². The van der Waals surface area contributed by atoms with Gasteiger partial charge in [0.05, 0.1) is 6.10 Å². The minimum Gasteiger partial charge on any atom is -0.461 e. The lowest BCUT2D eigenvalue weighted by molar-refractivity contribution is 0.222. The third-order valence-electron chi connectivity index (χ3n) is 3.49.